The number of aryl methyl sites for hydroxylation is 6. The fraction of sp³-hybridized carbons (Fsp3) is 0.0500. The van der Waals surface area contributed by atoms with Gasteiger partial charge >= 0.3 is 63.2 Å². The summed E-state index contributed by atoms with van der Waals surface area (Å²) >= 11 is 0. The van der Waals surface area contributed by atoms with Crippen LogP contribution in [0.25, 0.3) is 250 Å². The topological polar surface area (TPSA) is 122 Å². The van der Waals surface area contributed by atoms with Gasteiger partial charge < -0.3 is 41.1 Å². The first kappa shape index (κ1) is 87.6. The molecule has 0 fully saturated rings. The van der Waals surface area contributed by atoms with Crippen molar-refractivity contribution in [1.29, 1.82) is 0 Å². The normalized spacial score (nSPS) is 11.5. The Morgan fingerprint density at radius 2 is 0.471 bits per heavy atom. The maximum Gasteiger partial charge on any atom is 2.00 e. The predicted octanol–water partition coefficient (Wildman–Crippen LogP) is 27.5. The minimum absolute atomic E-state index is 0. The molecule has 138 heavy (non-hydrogen) atoms. The van der Waals surface area contributed by atoms with Crippen LogP contribution in [0, 0.1) is 36.4 Å². The minimum atomic E-state index is 0. The molecule has 0 spiro atoms. The van der Waals surface area contributed by atoms with Crippen molar-refractivity contribution in [3.05, 3.63) is 419 Å². The molecule has 0 amide bonds. The van der Waals surface area contributed by atoms with Crippen molar-refractivity contribution in [1.82, 2.24) is 71.0 Å². The summed E-state index contributed by atoms with van der Waals surface area (Å²) in [5.41, 5.74) is 34.2. The van der Waals surface area contributed by atoms with Crippen LogP contribution in [-0.2, 0) is 105 Å². The van der Waals surface area contributed by atoms with Gasteiger partial charge in [-0.25, -0.2) is 0 Å². The van der Waals surface area contributed by atoms with Crippen LogP contribution in [0.1, 0.15) is 0 Å². The monoisotopic (exact) mass is 2320 g/mol. The number of nitrogens with zero attached hydrogens (tertiary/aromatic N) is 15. The van der Waals surface area contributed by atoms with Gasteiger partial charge in [0.1, 0.15) is 0 Å². The van der Waals surface area contributed by atoms with Gasteiger partial charge in [-0.3, -0.25) is 29.9 Å². The predicted molar refractivity (Wildman–Crippen MR) is 550 cm³/mol. The molecule has 0 saturated carbocycles. The van der Waals surface area contributed by atoms with Crippen LogP contribution in [-0.4, -0.2) is 71.0 Å². The summed E-state index contributed by atoms with van der Waals surface area (Å²) in [5, 5.41) is 6.93. The number of aromatic nitrogens is 15. The van der Waals surface area contributed by atoms with E-state index in [-0.39, 0.29) is 63.2 Å². The van der Waals surface area contributed by atoms with E-state index in [4.69, 9.17) is 29.9 Å². The molecule has 0 atom stereocenters. The van der Waals surface area contributed by atoms with E-state index in [9.17, 15) is 0 Å². The van der Waals surface area contributed by atoms with Gasteiger partial charge in [-0.15, -0.1) is 161 Å². The molecule has 15 nitrogen and oxygen atoms in total. The van der Waals surface area contributed by atoms with Crippen molar-refractivity contribution in [2.24, 2.45) is 42.3 Å². The van der Waals surface area contributed by atoms with Gasteiger partial charge in [0, 0.05) is 64.4 Å². The maximum atomic E-state index is 5.12. The van der Waals surface area contributed by atoms with E-state index >= 15 is 0 Å². The van der Waals surface area contributed by atoms with Crippen LogP contribution in [0.15, 0.2) is 382 Å². The van der Waals surface area contributed by atoms with Crippen molar-refractivity contribution < 1.29 is 63.2 Å². The average molecular weight is 2320 g/mol. The van der Waals surface area contributed by atoms with E-state index in [0.717, 1.165) is 206 Å². The fourth-order valence-corrected chi connectivity index (χ4v) is 20.0. The Bertz CT molecular complexity index is 9430. The van der Waals surface area contributed by atoms with E-state index < -0.39 is 0 Å². The molecule has 666 valence electrons. The molecule has 0 aliphatic carbocycles. The zero-order valence-corrected chi connectivity index (χ0v) is 82.3. The van der Waals surface area contributed by atoms with Crippen LogP contribution in [0.2, 0.25) is 0 Å². The number of fused-ring (bicyclic) bond motifs is 15. The first-order valence-corrected chi connectivity index (χ1v) is 45.2. The molecule has 0 bridgehead atoms. The van der Waals surface area contributed by atoms with Crippen molar-refractivity contribution in [2.75, 3.05) is 0 Å². The molecule has 0 radical (unpaired) electrons. The number of hydrogen-bond donors (Lipinski definition) is 0. The average Bonchev–Trinajstić information content (AvgIpc) is 1.58. The van der Waals surface area contributed by atoms with Gasteiger partial charge in [0.25, 0.3) is 0 Å². The van der Waals surface area contributed by atoms with Crippen molar-refractivity contribution in [2.45, 2.75) is 0 Å². The molecule has 9 heterocycles. The molecular formula is C120H81N15Pt3. The van der Waals surface area contributed by atoms with Gasteiger partial charge in [-0.05, 0) is 163 Å². The van der Waals surface area contributed by atoms with Crippen LogP contribution < -0.4 is 0 Å². The van der Waals surface area contributed by atoms with Crippen LogP contribution in [0.4, 0.5) is 0 Å². The van der Waals surface area contributed by atoms with Gasteiger partial charge in [-0.1, -0.05) is 222 Å². The summed E-state index contributed by atoms with van der Waals surface area (Å²) < 4.78 is 19.7. The molecule has 9 aromatic heterocycles. The minimum Gasteiger partial charge on any atom is -0.367 e. The maximum absolute atomic E-state index is 5.12. The van der Waals surface area contributed by atoms with Crippen LogP contribution in [0.3, 0.4) is 0 Å². The quantitative estimate of drug-likeness (QED) is 0.112. The standard InChI is InChI=1S/3C40H27N5.3Pt/c1-43-36-21-9-7-18-33(36)41-39(43)27-14-10-15-29(24-27)45-35-20-8-6-16-31(35)32-23-22-28(25-37(32)45)40-42-34-19-11-17-30(38(34)44(40)2)26-12-4-3-5-13-26;1-43-36-17-8-6-15-33(36)41-39(43)28-13-10-14-30(23-28)45-35-22-20-27(26-11-4-3-5-12-26)24-32(35)31-21-19-29(25-38(31)45)40-42-34-16-7-9-18-37(34)44(40)2;1-43-36-18-9-7-16-33(36)41-39(43)28-13-10-14-30(23-28)45-35-17-8-6-15-31(35)32-21-19-29(25-37(32)45)40-42-34-22-20-27(24-38(34)44(40)2)26-11-4-3-5-12-26;;;/h3-23H,1-2H3;2*3-22,24H,1-2H3;;;/q3*-2;3*+2. The fourth-order valence-electron chi connectivity index (χ4n) is 20.0. The Kier molecular flexibility index (Phi) is 22.7. The zero-order valence-electron chi connectivity index (χ0n) is 75.5. The van der Waals surface area contributed by atoms with E-state index in [2.05, 4.69) is 447 Å². The Balaban J connectivity index is 0.000000118. The molecule has 18 heteroatoms. The van der Waals surface area contributed by atoms with Gasteiger partial charge in [0.05, 0.1) is 101 Å². The van der Waals surface area contributed by atoms with Crippen molar-refractivity contribution in [3.63, 3.8) is 0 Å². The molecule has 0 aliphatic heterocycles. The molecule has 0 unspecified atom stereocenters. The van der Waals surface area contributed by atoms with E-state index in [1.165, 1.54) is 44.0 Å². The first-order chi connectivity index (χ1) is 66.4. The molecule has 0 N–H and O–H groups in total. The summed E-state index contributed by atoms with van der Waals surface area (Å²) in [6, 6.07) is 155. The number of imidazole rings is 6. The third-order valence-corrected chi connectivity index (χ3v) is 26.6. The van der Waals surface area contributed by atoms with Crippen molar-refractivity contribution in [3.8, 4) is 119 Å². The SMILES string of the molecule is Cn1c(-c2[c-]c(-n3c4[c-]c(-c5nc6ccc(-c7ccccc7)cc6n5C)ccc4c4ccccc43)ccc2)nc2ccccc21.Cn1c(-c2[c-]c(-n3c4[c-]c(-c5nc6cccc(-c7ccccc7)c6n5C)ccc4c4ccccc43)ccc2)nc2ccccc21.Cn1c(-c2[c-]c(-n3c4[c-]c(-c5nc6ccccc6n5C)ccc4c4cc(-c5ccccc5)ccc43)ccc2)nc2ccccc21.[Pt+2].[Pt+2].[Pt+2]. The van der Waals surface area contributed by atoms with Crippen LogP contribution >= 0.6 is 0 Å². The second kappa shape index (κ2) is 35.8. The summed E-state index contributed by atoms with van der Waals surface area (Å²) in [7, 11) is 12.4. The molecule has 18 aromatic carbocycles. The second-order valence-corrected chi connectivity index (χ2v) is 34.4. The number of para-hydroxylation sites is 11. The molecular weight excluding hydrogens is 2240 g/mol. The smallest absolute Gasteiger partial charge is 0.367 e. The number of hydrogen-bond acceptors (Lipinski definition) is 6. The molecule has 0 aliphatic rings. The molecule has 0 saturated heterocycles. The summed E-state index contributed by atoms with van der Waals surface area (Å²) in [4.78, 5) is 30.0. The Morgan fingerprint density at radius 3 is 0.870 bits per heavy atom. The van der Waals surface area contributed by atoms with E-state index in [1.54, 1.807) is 0 Å². The summed E-state index contributed by atoms with van der Waals surface area (Å²) in [5.74, 6) is 5.30. The zero-order chi connectivity index (χ0) is 90.2. The van der Waals surface area contributed by atoms with Gasteiger partial charge in [0.15, 0.2) is 0 Å². The number of benzene rings is 18. The van der Waals surface area contributed by atoms with Crippen molar-refractivity contribution >= 4 is 132 Å². The van der Waals surface area contributed by atoms with E-state index in [1.807, 2.05) is 54.6 Å². The molecule has 27 aromatic rings. The first-order valence-electron chi connectivity index (χ1n) is 45.2. The van der Waals surface area contributed by atoms with Gasteiger partial charge in [-0.2, -0.15) is 0 Å². The Hall–Kier alpha value is -15.8. The third kappa shape index (κ3) is 14.9. The third-order valence-electron chi connectivity index (χ3n) is 26.6. The Morgan fingerprint density at radius 1 is 0.181 bits per heavy atom. The van der Waals surface area contributed by atoms with Gasteiger partial charge in [0.2, 0.25) is 0 Å². The summed E-state index contributed by atoms with van der Waals surface area (Å²) in [6.45, 7) is 0. The van der Waals surface area contributed by atoms with E-state index in [0.29, 0.717) is 0 Å². The molecule has 27 rings (SSSR count). The summed E-state index contributed by atoms with van der Waals surface area (Å²) in [6.07, 6.45) is 0. The second-order valence-electron chi connectivity index (χ2n) is 34.4. The van der Waals surface area contributed by atoms with Crippen LogP contribution in [0.5, 0.6) is 0 Å². The largest absolute Gasteiger partial charge is 2.00 e. The Labute approximate surface area is 838 Å². The number of rotatable bonds is 12.